The first kappa shape index (κ1) is 23.5. The van der Waals surface area contributed by atoms with Crippen LogP contribution >= 0.6 is 11.3 Å². The molecule has 4 rings (SSSR count). The van der Waals surface area contributed by atoms with E-state index < -0.39 is 10.0 Å². The SMILES string of the molecule is O=C(NC1CCCCC1)NC1CCN(C(=O)c2sccc2S(=O)(=O)N2CCCCC2)CC1. The van der Waals surface area contributed by atoms with Gasteiger partial charge in [-0.3, -0.25) is 4.79 Å². The summed E-state index contributed by atoms with van der Waals surface area (Å²) in [6, 6.07) is 1.74. The van der Waals surface area contributed by atoms with Crippen LogP contribution in [0.2, 0.25) is 0 Å². The number of nitrogens with one attached hydrogen (secondary N) is 2. The van der Waals surface area contributed by atoms with Crippen LogP contribution in [0.5, 0.6) is 0 Å². The molecule has 0 radical (unpaired) electrons. The summed E-state index contributed by atoms with van der Waals surface area (Å²) in [6.07, 6.45) is 9.79. The average Bonchev–Trinajstić information content (AvgIpc) is 3.31. The lowest BCUT2D eigenvalue weighted by Crippen LogP contribution is -2.51. The summed E-state index contributed by atoms with van der Waals surface area (Å²) in [4.78, 5) is 27.6. The first-order valence-corrected chi connectivity index (χ1v) is 14.2. The van der Waals surface area contributed by atoms with Gasteiger partial charge in [0.1, 0.15) is 9.77 Å². The van der Waals surface area contributed by atoms with E-state index in [2.05, 4.69) is 10.6 Å². The number of rotatable bonds is 5. The number of urea groups is 1. The molecule has 178 valence electrons. The molecule has 1 aliphatic carbocycles. The van der Waals surface area contributed by atoms with E-state index in [1.54, 1.807) is 16.3 Å². The molecule has 0 spiro atoms. The molecule has 1 aromatic heterocycles. The fraction of sp³-hybridized carbons (Fsp3) is 0.727. The Morgan fingerprint density at radius 2 is 1.44 bits per heavy atom. The second kappa shape index (κ2) is 10.5. The number of carbonyl (C=O) groups is 2. The predicted octanol–water partition coefficient (Wildman–Crippen LogP) is 3.16. The Morgan fingerprint density at radius 1 is 0.844 bits per heavy atom. The summed E-state index contributed by atoms with van der Waals surface area (Å²) < 4.78 is 27.7. The number of hydrogen-bond donors (Lipinski definition) is 2. The van der Waals surface area contributed by atoms with Crippen LogP contribution < -0.4 is 10.6 Å². The average molecular weight is 483 g/mol. The quantitative estimate of drug-likeness (QED) is 0.673. The summed E-state index contributed by atoms with van der Waals surface area (Å²) in [6.45, 7) is 2.06. The molecule has 10 heteroatoms. The fourth-order valence-electron chi connectivity index (χ4n) is 4.93. The minimum absolute atomic E-state index is 0.0301. The zero-order chi connectivity index (χ0) is 22.6. The molecule has 2 N–H and O–H groups in total. The normalized spacial score (nSPS) is 21.9. The monoisotopic (exact) mass is 482 g/mol. The molecular weight excluding hydrogens is 448 g/mol. The summed E-state index contributed by atoms with van der Waals surface area (Å²) in [5.74, 6) is -0.222. The molecule has 0 unspecified atom stereocenters. The zero-order valence-electron chi connectivity index (χ0n) is 18.6. The fourth-order valence-corrected chi connectivity index (χ4v) is 7.81. The van der Waals surface area contributed by atoms with E-state index in [0.29, 0.717) is 43.9 Å². The van der Waals surface area contributed by atoms with Gasteiger partial charge in [0.25, 0.3) is 5.91 Å². The minimum Gasteiger partial charge on any atom is -0.338 e. The Bertz CT molecular complexity index is 897. The number of likely N-dealkylation sites (tertiary alicyclic amines) is 1. The summed E-state index contributed by atoms with van der Waals surface area (Å²) in [5.41, 5.74) is 0. The first-order valence-electron chi connectivity index (χ1n) is 11.9. The van der Waals surface area contributed by atoms with E-state index in [9.17, 15) is 18.0 Å². The molecule has 3 aliphatic rings. The first-order chi connectivity index (χ1) is 15.4. The van der Waals surface area contributed by atoms with Crippen LogP contribution in [0.25, 0.3) is 0 Å². The molecule has 3 fully saturated rings. The van der Waals surface area contributed by atoms with E-state index in [4.69, 9.17) is 0 Å². The highest BCUT2D eigenvalue weighted by atomic mass is 32.2. The van der Waals surface area contributed by atoms with E-state index in [0.717, 1.165) is 32.1 Å². The van der Waals surface area contributed by atoms with Crippen molar-refractivity contribution in [3.8, 4) is 0 Å². The van der Waals surface area contributed by atoms with Gasteiger partial charge in [0, 0.05) is 38.3 Å². The van der Waals surface area contributed by atoms with Crippen molar-refractivity contribution < 1.29 is 18.0 Å². The van der Waals surface area contributed by atoms with Crippen LogP contribution in [0, 0.1) is 0 Å². The third kappa shape index (κ3) is 5.46. The van der Waals surface area contributed by atoms with Gasteiger partial charge in [-0.2, -0.15) is 4.31 Å². The standard InChI is InChI=1S/C22H34N4O4S2/c27-21(20-19(11-16-31-20)32(29,30)26-12-5-2-6-13-26)25-14-9-18(10-15-25)24-22(28)23-17-7-3-1-4-8-17/h11,16-18H,1-10,12-15H2,(H2,23,24,28). The van der Waals surface area contributed by atoms with Crippen molar-refractivity contribution in [2.24, 2.45) is 0 Å². The summed E-state index contributed by atoms with van der Waals surface area (Å²) in [7, 11) is -3.64. The second-order valence-corrected chi connectivity index (χ2v) is 11.9. The zero-order valence-corrected chi connectivity index (χ0v) is 20.2. The van der Waals surface area contributed by atoms with Crippen LogP contribution in [-0.4, -0.2) is 67.8 Å². The summed E-state index contributed by atoms with van der Waals surface area (Å²) in [5, 5.41) is 7.82. The smallest absolute Gasteiger partial charge is 0.315 e. The maximum absolute atomic E-state index is 13.2. The number of piperidine rings is 2. The molecule has 1 saturated carbocycles. The van der Waals surface area contributed by atoms with Crippen molar-refractivity contribution in [2.45, 2.75) is 81.2 Å². The van der Waals surface area contributed by atoms with Crippen molar-refractivity contribution in [3.05, 3.63) is 16.3 Å². The highest BCUT2D eigenvalue weighted by Gasteiger charge is 2.33. The Labute approximate surface area is 194 Å². The van der Waals surface area contributed by atoms with Crippen molar-refractivity contribution >= 4 is 33.3 Å². The second-order valence-electron chi connectivity index (χ2n) is 9.10. The lowest BCUT2D eigenvalue weighted by molar-refractivity contribution is 0.0709. The molecule has 3 heterocycles. The minimum atomic E-state index is -3.64. The van der Waals surface area contributed by atoms with Gasteiger partial charge in [-0.05, 0) is 50.0 Å². The molecule has 3 amide bonds. The Hall–Kier alpha value is -1.65. The van der Waals surface area contributed by atoms with E-state index in [1.165, 1.54) is 34.9 Å². The van der Waals surface area contributed by atoms with Gasteiger partial charge >= 0.3 is 6.03 Å². The summed E-state index contributed by atoms with van der Waals surface area (Å²) >= 11 is 1.20. The molecule has 0 bridgehead atoms. The van der Waals surface area contributed by atoms with E-state index in [-0.39, 0.29) is 28.9 Å². The maximum atomic E-state index is 13.2. The molecule has 32 heavy (non-hydrogen) atoms. The molecule has 0 atom stereocenters. The molecule has 0 aromatic carbocycles. The van der Waals surface area contributed by atoms with Crippen LogP contribution in [0.15, 0.2) is 16.3 Å². The Kier molecular flexibility index (Phi) is 7.73. The molecule has 8 nitrogen and oxygen atoms in total. The van der Waals surface area contributed by atoms with Gasteiger partial charge in [0.2, 0.25) is 10.0 Å². The molecular formula is C22H34N4O4S2. The maximum Gasteiger partial charge on any atom is 0.315 e. The van der Waals surface area contributed by atoms with E-state index >= 15 is 0 Å². The highest BCUT2D eigenvalue weighted by Crippen LogP contribution is 2.29. The van der Waals surface area contributed by atoms with E-state index in [1.807, 2.05) is 0 Å². The number of sulfonamides is 1. The molecule has 2 saturated heterocycles. The van der Waals surface area contributed by atoms with Gasteiger partial charge in [-0.15, -0.1) is 11.3 Å². The largest absolute Gasteiger partial charge is 0.338 e. The number of thiophene rings is 1. The van der Waals surface area contributed by atoms with Gasteiger partial charge < -0.3 is 15.5 Å². The molecule has 1 aromatic rings. The van der Waals surface area contributed by atoms with Gasteiger partial charge in [-0.25, -0.2) is 13.2 Å². The van der Waals surface area contributed by atoms with Crippen molar-refractivity contribution in [2.75, 3.05) is 26.2 Å². The van der Waals surface area contributed by atoms with Crippen LogP contribution in [-0.2, 0) is 10.0 Å². The van der Waals surface area contributed by atoms with Crippen molar-refractivity contribution in [1.82, 2.24) is 19.8 Å². The van der Waals surface area contributed by atoms with Crippen LogP contribution in [0.3, 0.4) is 0 Å². The third-order valence-electron chi connectivity index (χ3n) is 6.81. The van der Waals surface area contributed by atoms with Gasteiger partial charge in [0.05, 0.1) is 0 Å². The van der Waals surface area contributed by atoms with Crippen LogP contribution in [0.4, 0.5) is 4.79 Å². The predicted molar refractivity (Wildman–Crippen MR) is 124 cm³/mol. The number of hydrogen-bond acceptors (Lipinski definition) is 5. The Morgan fingerprint density at radius 3 is 2.09 bits per heavy atom. The lowest BCUT2D eigenvalue weighted by atomic mass is 9.96. The van der Waals surface area contributed by atoms with Crippen LogP contribution in [0.1, 0.15) is 73.9 Å². The lowest BCUT2D eigenvalue weighted by Gasteiger charge is -2.33. The highest BCUT2D eigenvalue weighted by molar-refractivity contribution is 7.89. The van der Waals surface area contributed by atoms with Gasteiger partial charge in [-0.1, -0.05) is 25.7 Å². The van der Waals surface area contributed by atoms with Crippen molar-refractivity contribution in [1.29, 1.82) is 0 Å². The third-order valence-corrected chi connectivity index (χ3v) is 9.79. The number of carbonyl (C=O) groups excluding carboxylic acids is 2. The van der Waals surface area contributed by atoms with Crippen molar-refractivity contribution in [3.63, 3.8) is 0 Å². The molecule has 2 aliphatic heterocycles. The number of amides is 3. The topological polar surface area (TPSA) is 98.8 Å². The number of nitrogens with zero attached hydrogens (tertiary/aromatic N) is 2. The Balaban J connectivity index is 1.31. The van der Waals surface area contributed by atoms with Gasteiger partial charge in [0.15, 0.2) is 0 Å².